The minimum atomic E-state index is -4.63. The van der Waals surface area contributed by atoms with Gasteiger partial charge in [-0.3, -0.25) is 9.79 Å². The molecule has 2 rings (SSSR count). The summed E-state index contributed by atoms with van der Waals surface area (Å²) in [4.78, 5) is 29.9. The number of aliphatic imine (C=N–C) groups is 1. The second kappa shape index (κ2) is 9.31. The summed E-state index contributed by atoms with van der Waals surface area (Å²) in [5, 5.41) is 2.88. The lowest BCUT2D eigenvalue weighted by Gasteiger charge is -2.29. The Labute approximate surface area is 187 Å². The minimum Gasteiger partial charge on any atom is -0.489 e. The van der Waals surface area contributed by atoms with Crippen molar-refractivity contribution in [2.75, 3.05) is 26.7 Å². The third-order valence-corrected chi connectivity index (χ3v) is 5.31. The van der Waals surface area contributed by atoms with Gasteiger partial charge in [0.25, 0.3) is 0 Å². The summed E-state index contributed by atoms with van der Waals surface area (Å²) in [5.74, 6) is -0.612. The zero-order valence-corrected chi connectivity index (χ0v) is 19.8. The zero-order valence-electron chi connectivity index (χ0n) is 19.8. The van der Waals surface area contributed by atoms with Gasteiger partial charge in [-0.2, -0.15) is 13.2 Å². The number of likely N-dealkylation sites (tertiary alicyclic amines) is 1. The molecule has 1 saturated carbocycles. The van der Waals surface area contributed by atoms with E-state index in [1.807, 2.05) is 0 Å². The Kier molecular flexibility index (Phi) is 7.56. The average molecular weight is 462 g/mol. The molecule has 0 aromatic rings. The van der Waals surface area contributed by atoms with Gasteiger partial charge in [-0.1, -0.05) is 6.92 Å². The number of carbonyl (C=O) groups is 2. The number of alkyl halides is 3. The van der Waals surface area contributed by atoms with Crippen molar-refractivity contribution >= 4 is 17.7 Å². The first-order valence-corrected chi connectivity index (χ1v) is 10.8. The van der Waals surface area contributed by atoms with E-state index in [-0.39, 0.29) is 42.1 Å². The van der Waals surface area contributed by atoms with E-state index in [9.17, 15) is 22.8 Å². The van der Waals surface area contributed by atoms with Gasteiger partial charge < -0.3 is 19.7 Å². The van der Waals surface area contributed by atoms with Crippen LogP contribution in [0.3, 0.4) is 0 Å². The Morgan fingerprint density at radius 1 is 1.12 bits per heavy atom. The lowest BCUT2D eigenvalue weighted by molar-refractivity contribution is -0.125. The second-order valence-electron chi connectivity index (χ2n) is 9.95. The number of hydrogen-bond donors (Lipinski definition) is 1. The van der Waals surface area contributed by atoms with Crippen molar-refractivity contribution in [2.24, 2.45) is 22.7 Å². The molecule has 1 aliphatic carbocycles. The highest BCUT2D eigenvalue weighted by Gasteiger charge is 2.61. The monoisotopic (exact) mass is 461 g/mol. The molecule has 0 spiro atoms. The van der Waals surface area contributed by atoms with Gasteiger partial charge in [-0.05, 0) is 59.0 Å². The van der Waals surface area contributed by atoms with Gasteiger partial charge in [-0.15, -0.1) is 0 Å². The van der Waals surface area contributed by atoms with Crippen LogP contribution in [0.1, 0.15) is 48.0 Å². The first-order valence-electron chi connectivity index (χ1n) is 10.8. The van der Waals surface area contributed by atoms with E-state index in [0.717, 1.165) is 7.05 Å². The van der Waals surface area contributed by atoms with Crippen LogP contribution < -0.4 is 5.32 Å². The molecule has 0 bridgehead atoms. The number of rotatable bonds is 7. The number of halogens is 3. The molecule has 1 N–H and O–H groups in total. The van der Waals surface area contributed by atoms with Gasteiger partial charge in [0.1, 0.15) is 18.0 Å². The molecule has 2 fully saturated rings. The van der Waals surface area contributed by atoms with Crippen LogP contribution in [0, 0.1) is 17.8 Å². The van der Waals surface area contributed by atoms with Gasteiger partial charge in [0.2, 0.25) is 5.91 Å². The summed E-state index contributed by atoms with van der Waals surface area (Å²) < 4.78 is 50.4. The summed E-state index contributed by atoms with van der Waals surface area (Å²) in [5.41, 5.74) is -2.55. The molecule has 0 radical (unpaired) electrons. The summed E-state index contributed by atoms with van der Waals surface area (Å²) in [7, 11) is 1.06. The largest absolute Gasteiger partial charge is 0.489 e. The van der Waals surface area contributed by atoms with Crippen molar-refractivity contribution in [3.63, 3.8) is 0 Å². The molecule has 1 aliphatic heterocycles. The topological polar surface area (TPSA) is 80.2 Å². The van der Waals surface area contributed by atoms with Gasteiger partial charge in [0, 0.05) is 26.1 Å². The molecule has 10 heteroatoms. The number of allylic oxidation sites excluding steroid dienone is 2. The highest BCUT2D eigenvalue weighted by Crippen LogP contribution is 2.52. The molecule has 1 unspecified atom stereocenters. The van der Waals surface area contributed by atoms with Gasteiger partial charge in [-0.25, -0.2) is 4.79 Å². The van der Waals surface area contributed by atoms with Gasteiger partial charge in [0.15, 0.2) is 5.71 Å². The summed E-state index contributed by atoms with van der Waals surface area (Å²) in [6.45, 7) is 11.2. The predicted molar refractivity (Wildman–Crippen MR) is 114 cm³/mol. The van der Waals surface area contributed by atoms with Crippen molar-refractivity contribution in [1.29, 1.82) is 0 Å². The third kappa shape index (κ3) is 6.62. The molecule has 7 nitrogen and oxygen atoms in total. The van der Waals surface area contributed by atoms with Crippen LogP contribution in [-0.4, -0.2) is 66.7 Å². The predicted octanol–water partition coefficient (Wildman–Crippen LogP) is 3.94. The standard InChI is InChI=1S/C22H34F3N3O4/c1-8-9-15(17(26-7)22(23,24)25)31-12-21(5,6)27-18(29)16-13-10-28(11-14(13)16)19(30)32-20(2,3)4/h9,13-14,16H,8,10-12H2,1-7H3,(H,27,29)/b15-9+,26-17?/t13-,14+,16?. The maximum atomic E-state index is 13.2. The first-order chi connectivity index (χ1) is 14.6. The Morgan fingerprint density at radius 3 is 2.12 bits per heavy atom. The molecule has 0 aromatic carbocycles. The van der Waals surface area contributed by atoms with E-state index in [2.05, 4.69) is 10.3 Å². The maximum Gasteiger partial charge on any atom is 0.436 e. The molecular weight excluding hydrogens is 427 g/mol. The Hall–Kier alpha value is -2.26. The highest BCUT2D eigenvalue weighted by atomic mass is 19.4. The first kappa shape index (κ1) is 26.0. The number of nitrogens with one attached hydrogen (secondary N) is 1. The quantitative estimate of drug-likeness (QED) is 0.460. The lowest BCUT2D eigenvalue weighted by atomic mass is 10.1. The molecule has 1 heterocycles. The Balaban J connectivity index is 1.89. The van der Waals surface area contributed by atoms with Crippen molar-refractivity contribution in [1.82, 2.24) is 10.2 Å². The summed E-state index contributed by atoms with van der Waals surface area (Å²) in [6.07, 6.45) is -3.35. The number of piperidine rings is 1. The molecule has 2 amide bonds. The minimum absolute atomic E-state index is 0.0684. The average Bonchev–Trinajstić information content (AvgIpc) is 3.11. The third-order valence-electron chi connectivity index (χ3n) is 5.31. The number of fused-ring (bicyclic) bond motifs is 1. The van der Waals surface area contributed by atoms with Crippen LogP contribution in [0.4, 0.5) is 18.0 Å². The van der Waals surface area contributed by atoms with Crippen molar-refractivity contribution in [2.45, 2.75) is 65.3 Å². The number of amides is 2. The molecule has 32 heavy (non-hydrogen) atoms. The van der Waals surface area contributed by atoms with E-state index in [4.69, 9.17) is 9.47 Å². The number of hydrogen-bond acceptors (Lipinski definition) is 5. The number of ether oxygens (including phenoxy) is 2. The highest BCUT2D eigenvalue weighted by molar-refractivity contribution is 6.02. The smallest absolute Gasteiger partial charge is 0.436 e. The maximum absolute atomic E-state index is 13.2. The fourth-order valence-corrected chi connectivity index (χ4v) is 3.89. The molecule has 0 aromatic heterocycles. The number of carbonyl (C=O) groups excluding carboxylic acids is 2. The van der Waals surface area contributed by atoms with Crippen LogP contribution in [0.5, 0.6) is 0 Å². The fraction of sp³-hybridized carbons (Fsp3) is 0.773. The van der Waals surface area contributed by atoms with Crippen LogP contribution >= 0.6 is 0 Å². The Morgan fingerprint density at radius 2 is 1.69 bits per heavy atom. The SMILES string of the molecule is CC/C=C(/OCC(C)(C)NC(=O)C1[C@H]2CN(C(=O)OC(C)(C)C)C[C@@H]12)C(=NC)C(F)(F)F. The van der Waals surface area contributed by atoms with Crippen molar-refractivity contribution in [3.8, 4) is 0 Å². The number of nitrogens with zero attached hydrogens (tertiary/aromatic N) is 2. The van der Waals surface area contributed by atoms with Gasteiger partial charge >= 0.3 is 12.3 Å². The normalized spacial score (nSPS) is 24.2. The molecule has 3 atom stereocenters. The Bertz CT molecular complexity index is 772. The van der Waals surface area contributed by atoms with E-state index < -0.39 is 23.0 Å². The zero-order chi connectivity index (χ0) is 24.5. The van der Waals surface area contributed by atoms with E-state index >= 15 is 0 Å². The van der Waals surface area contributed by atoms with Crippen LogP contribution in [0.25, 0.3) is 0 Å². The second-order valence-corrected chi connectivity index (χ2v) is 9.95. The van der Waals surface area contributed by atoms with Crippen molar-refractivity contribution < 1.29 is 32.2 Å². The summed E-state index contributed by atoms with van der Waals surface area (Å²) >= 11 is 0. The van der Waals surface area contributed by atoms with E-state index in [1.54, 1.807) is 46.4 Å². The molecular formula is C22H34F3N3O4. The molecule has 2 aliphatic rings. The van der Waals surface area contributed by atoms with Gasteiger partial charge in [0.05, 0.1) is 5.54 Å². The lowest BCUT2D eigenvalue weighted by Crippen LogP contribution is -2.49. The molecule has 182 valence electrons. The van der Waals surface area contributed by atoms with Crippen LogP contribution in [0.2, 0.25) is 0 Å². The molecule has 1 saturated heterocycles. The van der Waals surface area contributed by atoms with Crippen LogP contribution in [0.15, 0.2) is 16.8 Å². The van der Waals surface area contributed by atoms with E-state index in [1.165, 1.54) is 6.08 Å². The van der Waals surface area contributed by atoms with E-state index in [0.29, 0.717) is 19.5 Å². The fourth-order valence-electron chi connectivity index (χ4n) is 3.89. The summed E-state index contributed by atoms with van der Waals surface area (Å²) in [6, 6.07) is 0. The van der Waals surface area contributed by atoms with Crippen LogP contribution in [-0.2, 0) is 14.3 Å². The van der Waals surface area contributed by atoms with Crippen molar-refractivity contribution in [3.05, 3.63) is 11.8 Å².